The summed E-state index contributed by atoms with van der Waals surface area (Å²) in [7, 11) is 0.229. The zero-order valence-electron chi connectivity index (χ0n) is 14.9. The van der Waals surface area contributed by atoms with E-state index in [1.54, 1.807) is 12.1 Å². The highest BCUT2D eigenvalue weighted by atomic mass is 79.9. The summed E-state index contributed by atoms with van der Waals surface area (Å²) in [6.07, 6.45) is 0. The lowest BCUT2D eigenvalue weighted by Gasteiger charge is -2.19. The van der Waals surface area contributed by atoms with Crippen molar-refractivity contribution >= 4 is 42.4 Å². The maximum Gasteiger partial charge on any atom is 0.241 e. The van der Waals surface area contributed by atoms with E-state index in [9.17, 15) is 8.42 Å². The second-order valence-electron chi connectivity index (χ2n) is 6.42. The van der Waals surface area contributed by atoms with E-state index >= 15 is 0 Å². The molecule has 0 saturated carbocycles. The fraction of sp³-hybridized carbons (Fsp3) is 0.200. The number of benzene rings is 3. The average Bonchev–Trinajstić information content (AvgIpc) is 2.60. The minimum atomic E-state index is -3.67. The first-order chi connectivity index (χ1) is 12.3. The molecule has 1 N–H and O–H groups in total. The van der Waals surface area contributed by atoms with Gasteiger partial charge in [-0.3, -0.25) is 0 Å². The van der Waals surface area contributed by atoms with Crippen molar-refractivity contribution in [1.82, 2.24) is 4.72 Å². The lowest BCUT2D eigenvalue weighted by atomic mass is 10.1. The van der Waals surface area contributed by atoms with Crippen LogP contribution in [-0.2, 0) is 10.0 Å². The van der Waals surface area contributed by atoms with Crippen molar-refractivity contribution in [3.05, 3.63) is 70.7 Å². The van der Waals surface area contributed by atoms with Gasteiger partial charge in [-0.1, -0.05) is 52.3 Å². The second-order valence-corrected chi connectivity index (χ2v) is 9.02. The summed E-state index contributed by atoms with van der Waals surface area (Å²) in [6.45, 7) is 1.84. The average molecular weight is 433 g/mol. The van der Waals surface area contributed by atoms with Crippen molar-refractivity contribution in [3.8, 4) is 0 Å². The normalized spacial score (nSPS) is 12.9. The van der Waals surface area contributed by atoms with E-state index in [2.05, 4.69) is 20.7 Å². The molecule has 26 heavy (non-hydrogen) atoms. The van der Waals surface area contributed by atoms with Crippen LogP contribution in [0, 0.1) is 0 Å². The van der Waals surface area contributed by atoms with Gasteiger partial charge in [0.1, 0.15) is 0 Å². The van der Waals surface area contributed by atoms with E-state index in [-0.39, 0.29) is 6.04 Å². The molecule has 0 saturated heterocycles. The first-order valence-electron chi connectivity index (χ1n) is 8.26. The van der Waals surface area contributed by atoms with Crippen molar-refractivity contribution < 1.29 is 8.42 Å². The van der Waals surface area contributed by atoms with E-state index in [1.807, 2.05) is 74.4 Å². The molecule has 0 aliphatic carbocycles. The molecule has 0 aromatic heterocycles. The molecule has 4 nitrogen and oxygen atoms in total. The van der Waals surface area contributed by atoms with E-state index < -0.39 is 10.0 Å². The Bertz CT molecular complexity index is 1030. The molecule has 0 amide bonds. The van der Waals surface area contributed by atoms with Crippen LogP contribution in [0.3, 0.4) is 0 Å². The summed E-state index contributed by atoms with van der Waals surface area (Å²) in [6, 6.07) is 18.4. The van der Waals surface area contributed by atoms with Gasteiger partial charge in [0, 0.05) is 41.1 Å². The number of nitrogens with one attached hydrogen (secondary N) is 1. The number of fused-ring (bicyclic) bond motifs is 1. The highest BCUT2D eigenvalue weighted by molar-refractivity contribution is 9.10. The molecule has 0 heterocycles. The first-order valence-corrected chi connectivity index (χ1v) is 10.5. The molecule has 0 spiro atoms. The standard InChI is InChI=1S/C20H21BrN2O2S/c1-14(15-10-12-16(21)13-11-15)22-26(24,25)20-9-5-6-17-18(20)7-4-8-19(17)23(2)3/h4-14,22H,1-3H3. The van der Waals surface area contributed by atoms with Crippen LogP contribution in [0.15, 0.2) is 70.0 Å². The number of halogens is 1. The fourth-order valence-corrected chi connectivity index (χ4v) is 4.72. The Kier molecular flexibility index (Phi) is 5.37. The predicted molar refractivity (Wildman–Crippen MR) is 111 cm³/mol. The minimum absolute atomic E-state index is 0.294. The van der Waals surface area contributed by atoms with Crippen LogP contribution in [0.25, 0.3) is 10.8 Å². The molecule has 0 aliphatic rings. The fourth-order valence-electron chi connectivity index (χ4n) is 3.00. The Hall–Kier alpha value is -1.89. The summed E-state index contributed by atoms with van der Waals surface area (Å²) < 4.78 is 29.8. The van der Waals surface area contributed by atoms with Gasteiger partial charge >= 0.3 is 0 Å². The van der Waals surface area contributed by atoms with Crippen LogP contribution < -0.4 is 9.62 Å². The molecule has 3 aromatic carbocycles. The second kappa shape index (κ2) is 7.39. The van der Waals surface area contributed by atoms with Gasteiger partial charge in [-0.2, -0.15) is 0 Å². The summed E-state index contributed by atoms with van der Waals surface area (Å²) in [5.74, 6) is 0. The third-order valence-corrected chi connectivity index (χ3v) is 6.46. The smallest absolute Gasteiger partial charge is 0.241 e. The highest BCUT2D eigenvalue weighted by Crippen LogP contribution is 2.30. The zero-order valence-corrected chi connectivity index (χ0v) is 17.3. The molecule has 0 radical (unpaired) electrons. The monoisotopic (exact) mass is 432 g/mol. The predicted octanol–water partition coefficient (Wildman–Crippen LogP) is 4.71. The molecular formula is C20H21BrN2O2S. The van der Waals surface area contributed by atoms with Gasteiger partial charge in [-0.05, 0) is 36.8 Å². The maximum atomic E-state index is 13.0. The molecule has 0 aliphatic heterocycles. The van der Waals surface area contributed by atoms with E-state index in [4.69, 9.17) is 0 Å². The van der Waals surface area contributed by atoms with Gasteiger partial charge in [0.2, 0.25) is 10.0 Å². The third kappa shape index (κ3) is 3.77. The highest BCUT2D eigenvalue weighted by Gasteiger charge is 2.21. The lowest BCUT2D eigenvalue weighted by molar-refractivity contribution is 0.568. The topological polar surface area (TPSA) is 49.4 Å². The molecule has 0 fully saturated rings. The Morgan fingerprint density at radius 3 is 2.19 bits per heavy atom. The Balaban J connectivity index is 2.02. The molecule has 1 unspecified atom stereocenters. The van der Waals surface area contributed by atoms with E-state index in [0.29, 0.717) is 10.3 Å². The molecule has 0 bridgehead atoms. The largest absolute Gasteiger partial charge is 0.377 e. The van der Waals surface area contributed by atoms with Crippen LogP contribution in [0.4, 0.5) is 5.69 Å². The van der Waals surface area contributed by atoms with Crippen LogP contribution >= 0.6 is 15.9 Å². The molecular weight excluding hydrogens is 412 g/mol. The van der Waals surface area contributed by atoms with Gasteiger partial charge in [-0.15, -0.1) is 0 Å². The Labute approximate surface area is 163 Å². The Morgan fingerprint density at radius 2 is 1.54 bits per heavy atom. The van der Waals surface area contributed by atoms with Gasteiger partial charge in [-0.25, -0.2) is 13.1 Å². The van der Waals surface area contributed by atoms with Crippen LogP contribution in [-0.4, -0.2) is 22.5 Å². The van der Waals surface area contributed by atoms with Crippen LogP contribution in [0.2, 0.25) is 0 Å². The van der Waals surface area contributed by atoms with Crippen LogP contribution in [0.5, 0.6) is 0 Å². The molecule has 3 rings (SSSR count). The van der Waals surface area contributed by atoms with Crippen molar-refractivity contribution in [3.63, 3.8) is 0 Å². The van der Waals surface area contributed by atoms with Gasteiger partial charge in [0.25, 0.3) is 0 Å². The van der Waals surface area contributed by atoms with Crippen LogP contribution in [0.1, 0.15) is 18.5 Å². The van der Waals surface area contributed by atoms with Crippen molar-refractivity contribution in [2.45, 2.75) is 17.9 Å². The quantitative estimate of drug-likeness (QED) is 0.634. The first kappa shape index (κ1) is 18.9. The maximum absolute atomic E-state index is 13.0. The third-order valence-electron chi connectivity index (χ3n) is 4.33. The Morgan fingerprint density at radius 1 is 0.923 bits per heavy atom. The van der Waals surface area contributed by atoms with Crippen molar-refractivity contribution in [2.24, 2.45) is 0 Å². The SMILES string of the molecule is CC(NS(=O)(=O)c1cccc2c(N(C)C)cccc12)c1ccc(Br)cc1. The lowest BCUT2D eigenvalue weighted by Crippen LogP contribution is -2.27. The molecule has 136 valence electrons. The van der Waals surface area contributed by atoms with Crippen molar-refractivity contribution in [2.75, 3.05) is 19.0 Å². The van der Waals surface area contributed by atoms with E-state index in [0.717, 1.165) is 21.1 Å². The number of hydrogen-bond donors (Lipinski definition) is 1. The van der Waals surface area contributed by atoms with Gasteiger partial charge in [0.15, 0.2) is 0 Å². The summed E-state index contributed by atoms with van der Waals surface area (Å²) >= 11 is 3.40. The zero-order chi connectivity index (χ0) is 18.9. The molecule has 3 aromatic rings. The summed E-state index contributed by atoms with van der Waals surface area (Å²) in [5, 5.41) is 1.63. The van der Waals surface area contributed by atoms with Gasteiger partial charge < -0.3 is 4.90 Å². The minimum Gasteiger partial charge on any atom is -0.377 e. The van der Waals surface area contributed by atoms with Gasteiger partial charge in [0.05, 0.1) is 4.90 Å². The van der Waals surface area contributed by atoms with E-state index in [1.165, 1.54) is 0 Å². The number of anilines is 1. The molecule has 6 heteroatoms. The molecule has 1 atom stereocenters. The number of sulfonamides is 1. The number of nitrogens with zero attached hydrogens (tertiary/aromatic N) is 1. The number of hydrogen-bond acceptors (Lipinski definition) is 3. The number of rotatable bonds is 5. The van der Waals surface area contributed by atoms with Crippen molar-refractivity contribution in [1.29, 1.82) is 0 Å². The summed E-state index contributed by atoms with van der Waals surface area (Å²) in [5.41, 5.74) is 1.89. The summed E-state index contributed by atoms with van der Waals surface area (Å²) in [4.78, 5) is 2.28.